The van der Waals surface area contributed by atoms with Gasteiger partial charge in [0.05, 0.1) is 5.69 Å². The smallest absolute Gasteiger partial charge is 0.324 e. The van der Waals surface area contributed by atoms with E-state index in [-0.39, 0.29) is 24.6 Å². The van der Waals surface area contributed by atoms with Crippen LogP contribution in [0.5, 0.6) is 0 Å². The molecule has 3 rings (SSSR count). The van der Waals surface area contributed by atoms with Crippen LogP contribution >= 0.6 is 15.9 Å². The Morgan fingerprint density at radius 1 is 1.33 bits per heavy atom. The molecule has 1 aromatic carbocycles. The number of halogens is 2. The fourth-order valence-corrected chi connectivity index (χ4v) is 3.55. The topological polar surface area (TPSA) is 78.5 Å². The molecule has 2 aliphatic rings. The maximum absolute atomic E-state index is 13.7. The Balaban J connectivity index is 1.58. The fraction of sp³-hybridized carbons (Fsp3) is 0.438. The van der Waals surface area contributed by atoms with Crippen LogP contribution in [0.2, 0.25) is 0 Å². The van der Waals surface area contributed by atoms with Crippen LogP contribution in [-0.4, -0.2) is 34.8 Å². The Labute approximate surface area is 146 Å². The second-order valence-electron chi connectivity index (χ2n) is 6.10. The summed E-state index contributed by atoms with van der Waals surface area (Å²) < 4.78 is 14.3. The van der Waals surface area contributed by atoms with Gasteiger partial charge < -0.3 is 10.6 Å². The summed E-state index contributed by atoms with van der Waals surface area (Å²) in [6, 6.07) is 3.85. The minimum atomic E-state index is -0.772. The molecule has 0 aromatic heterocycles. The minimum Gasteiger partial charge on any atom is -0.324 e. The molecule has 0 unspecified atom stereocenters. The lowest BCUT2D eigenvalue weighted by molar-refractivity contribution is -0.131. The Hall–Kier alpha value is -1.96. The summed E-state index contributed by atoms with van der Waals surface area (Å²) in [5.74, 6) is -1.27. The van der Waals surface area contributed by atoms with Crippen LogP contribution in [0.4, 0.5) is 14.9 Å². The predicted octanol–water partition coefficient (Wildman–Crippen LogP) is 2.78. The molecule has 128 valence electrons. The molecule has 4 amide bonds. The number of carbonyl (C=O) groups is 3. The quantitative estimate of drug-likeness (QED) is 0.766. The monoisotopic (exact) mass is 397 g/mol. The molecular weight excluding hydrogens is 381 g/mol. The third-order valence-corrected chi connectivity index (χ3v) is 4.96. The average Bonchev–Trinajstić information content (AvgIpc) is 3.07. The first-order valence-electron chi connectivity index (χ1n) is 7.80. The molecule has 24 heavy (non-hydrogen) atoms. The molecule has 0 bridgehead atoms. The standard InChI is InChI=1S/C16H17BrFN3O3/c17-10-3-4-12(11(18)9-10)19-13(22)5-8-21-14(23)16(20-15(21)24)6-1-2-7-16/h3-4,9H,1-2,5-8H2,(H,19,22)(H,20,24). The lowest BCUT2D eigenvalue weighted by atomic mass is 9.98. The number of carbonyl (C=O) groups excluding carboxylic acids is 3. The van der Waals surface area contributed by atoms with E-state index in [1.807, 2.05) is 0 Å². The normalized spacial score (nSPS) is 19.0. The van der Waals surface area contributed by atoms with Gasteiger partial charge >= 0.3 is 6.03 Å². The molecule has 1 saturated heterocycles. The van der Waals surface area contributed by atoms with Crippen molar-refractivity contribution in [2.75, 3.05) is 11.9 Å². The van der Waals surface area contributed by atoms with Crippen molar-refractivity contribution >= 4 is 39.5 Å². The number of amides is 4. The molecule has 1 aromatic rings. The van der Waals surface area contributed by atoms with Crippen molar-refractivity contribution in [3.05, 3.63) is 28.5 Å². The lowest BCUT2D eigenvalue weighted by Crippen LogP contribution is -2.44. The average molecular weight is 398 g/mol. The van der Waals surface area contributed by atoms with E-state index in [0.717, 1.165) is 17.7 Å². The van der Waals surface area contributed by atoms with Crippen LogP contribution in [0.25, 0.3) is 0 Å². The van der Waals surface area contributed by atoms with Gasteiger partial charge in [0.25, 0.3) is 5.91 Å². The van der Waals surface area contributed by atoms with Gasteiger partial charge in [-0.1, -0.05) is 28.8 Å². The largest absolute Gasteiger partial charge is 0.325 e. The maximum atomic E-state index is 13.7. The number of hydrogen-bond donors (Lipinski definition) is 2. The Morgan fingerprint density at radius 2 is 2.04 bits per heavy atom. The van der Waals surface area contributed by atoms with E-state index in [0.29, 0.717) is 17.3 Å². The highest BCUT2D eigenvalue weighted by Gasteiger charge is 2.52. The van der Waals surface area contributed by atoms with E-state index in [4.69, 9.17) is 0 Å². The Bertz CT molecular complexity index is 704. The third kappa shape index (κ3) is 3.15. The molecule has 1 saturated carbocycles. The van der Waals surface area contributed by atoms with E-state index in [2.05, 4.69) is 26.6 Å². The number of nitrogens with one attached hydrogen (secondary N) is 2. The van der Waals surface area contributed by atoms with E-state index in [1.54, 1.807) is 6.07 Å². The van der Waals surface area contributed by atoms with Gasteiger partial charge in [-0.15, -0.1) is 0 Å². The van der Waals surface area contributed by atoms with Gasteiger partial charge in [-0.3, -0.25) is 14.5 Å². The van der Waals surface area contributed by atoms with E-state index >= 15 is 0 Å². The summed E-state index contributed by atoms with van der Waals surface area (Å²) in [5, 5.41) is 5.21. The van der Waals surface area contributed by atoms with Gasteiger partial charge in [0.2, 0.25) is 5.91 Å². The molecule has 1 aliphatic carbocycles. The van der Waals surface area contributed by atoms with E-state index in [9.17, 15) is 18.8 Å². The lowest BCUT2D eigenvalue weighted by Gasteiger charge is -2.19. The molecule has 6 nitrogen and oxygen atoms in total. The highest BCUT2D eigenvalue weighted by atomic mass is 79.9. The van der Waals surface area contributed by atoms with Crippen LogP contribution in [-0.2, 0) is 9.59 Å². The van der Waals surface area contributed by atoms with E-state index in [1.165, 1.54) is 12.1 Å². The van der Waals surface area contributed by atoms with Crippen molar-refractivity contribution in [1.82, 2.24) is 10.2 Å². The fourth-order valence-electron chi connectivity index (χ4n) is 3.21. The Kier molecular flexibility index (Phi) is 4.58. The van der Waals surface area contributed by atoms with Crippen LogP contribution in [0.15, 0.2) is 22.7 Å². The molecule has 0 atom stereocenters. The molecule has 8 heteroatoms. The second-order valence-corrected chi connectivity index (χ2v) is 7.01. The molecular formula is C16H17BrFN3O3. The summed E-state index contributed by atoms with van der Waals surface area (Å²) in [6.45, 7) is -0.0175. The minimum absolute atomic E-state index is 0.0175. The van der Waals surface area contributed by atoms with Gasteiger partial charge in [0, 0.05) is 17.4 Å². The number of hydrogen-bond acceptors (Lipinski definition) is 3. The van der Waals surface area contributed by atoms with Crippen molar-refractivity contribution in [2.24, 2.45) is 0 Å². The van der Waals surface area contributed by atoms with Crippen molar-refractivity contribution < 1.29 is 18.8 Å². The van der Waals surface area contributed by atoms with Gasteiger partial charge in [-0.25, -0.2) is 9.18 Å². The first kappa shape index (κ1) is 16.9. The number of nitrogens with zero attached hydrogens (tertiary/aromatic N) is 1. The molecule has 1 heterocycles. The van der Waals surface area contributed by atoms with Gasteiger partial charge in [-0.2, -0.15) is 0 Å². The maximum Gasteiger partial charge on any atom is 0.325 e. The number of rotatable bonds is 4. The number of imide groups is 1. The summed E-state index contributed by atoms with van der Waals surface area (Å²) in [5.41, 5.74) is -0.710. The first-order valence-corrected chi connectivity index (χ1v) is 8.60. The van der Waals surface area contributed by atoms with Crippen molar-refractivity contribution in [2.45, 2.75) is 37.6 Å². The third-order valence-electron chi connectivity index (χ3n) is 4.47. The summed E-state index contributed by atoms with van der Waals surface area (Å²) in [4.78, 5) is 37.5. The SMILES string of the molecule is O=C(CCN1C(=O)NC2(CCCC2)C1=O)Nc1ccc(Br)cc1F. The number of anilines is 1. The summed E-state index contributed by atoms with van der Waals surface area (Å²) >= 11 is 3.14. The van der Waals surface area contributed by atoms with Crippen LogP contribution < -0.4 is 10.6 Å². The molecule has 1 aliphatic heterocycles. The van der Waals surface area contributed by atoms with Crippen molar-refractivity contribution in [3.63, 3.8) is 0 Å². The van der Waals surface area contributed by atoms with Crippen LogP contribution in [0.1, 0.15) is 32.1 Å². The predicted molar refractivity (Wildman–Crippen MR) is 88.8 cm³/mol. The number of urea groups is 1. The molecule has 0 radical (unpaired) electrons. The summed E-state index contributed by atoms with van der Waals surface area (Å²) in [7, 11) is 0. The highest BCUT2D eigenvalue weighted by Crippen LogP contribution is 2.35. The van der Waals surface area contributed by atoms with Gasteiger partial charge in [-0.05, 0) is 31.0 Å². The Morgan fingerprint density at radius 3 is 2.71 bits per heavy atom. The molecule has 2 N–H and O–H groups in total. The number of benzene rings is 1. The first-order chi connectivity index (χ1) is 11.4. The van der Waals surface area contributed by atoms with Crippen molar-refractivity contribution in [3.8, 4) is 0 Å². The zero-order valence-electron chi connectivity index (χ0n) is 12.9. The molecule has 1 spiro atoms. The van der Waals surface area contributed by atoms with Gasteiger partial charge in [0.15, 0.2) is 0 Å². The summed E-state index contributed by atoms with van der Waals surface area (Å²) in [6.07, 6.45) is 3.02. The van der Waals surface area contributed by atoms with E-state index < -0.39 is 23.3 Å². The zero-order valence-corrected chi connectivity index (χ0v) is 14.5. The zero-order chi connectivity index (χ0) is 17.3. The van der Waals surface area contributed by atoms with Crippen molar-refractivity contribution in [1.29, 1.82) is 0 Å². The van der Waals surface area contributed by atoms with Crippen LogP contribution in [0.3, 0.4) is 0 Å². The van der Waals surface area contributed by atoms with Crippen LogP contribution in [0, 0.1) is 5.82 Å². The molecule has 2 fully saturated rings. The van der Waals surface area contributed by atoms with Gasteiger partial charge in [0.1, 0.15) is 11.4 Å². The second kappa shape index (κ2) is 6.51. The highest BCUT2D eigenvalue weighted by molar-refractivity contribution is 9.10.